The molecule has 0 spiro atoms. The van der Waals surface area contributed by atoms with Gasteiger partial charge in [-0.2, -0.15) is 13.2 Å². The second-order valence-corrected chi connectivity index (χ2v) is 5.95. The predicted octanol–water partition coefficient (Wildman–Crippen LogP) is 1.64. The summed E-state index contributed by atoms with van der Waals surface area (Å²) in [6.07, 6.45) is -4.59. The molecule has 0 amide bonds. The van der Waals surface area contributed by atoms with Crippen LogP contribution in [0, 0.1) is 6.92 Å². The number of benzene rings is 1. The van der Waals surface area contributed by atoms with Crippen molar-refractivity contribution in [2.75, 3.05) is 6.54 Å². The molecule has 0 aliphatic carbocycles. The number of hydrogen-bond acceptors (Lipinski definition) is 3. The Labute approximate surface area is 109 Å². The number of nitrogens with two attached hydrogens (primary N) is 1. The first-order valence-corrected chi connectivity index (χ1v) is 6.96. The van der Waals surface area contributed by atoms with E-state index in [1.165, 1.54) is 13.8 Å². The van der Waals surface area contributed by atoms with Gasteiger partial charge in [-0.05, 0) is 31.5 Å². The highest BCUT2D eigenvalue weighted by Gasteiger charge is 2.33. The van der Waals surface area contributed by atoms with Crippen molar-refractivity contribution in [3.05, 3.63) is 29.3 Å². The van der Waals surface area contributed by atoms with Gasteiger partial charge in [0.1, 0.15) is 0 Å². The van der Waals surface area contributed by atoms with Crippen molar-refractivity contribution in [1.82, 2.24) is 4.72 Å². The van der Waals surface area contributed by atoms with Crippen LogP contribution in [0.25, 0.3) is 0 Å². The summed E-state index contributed by atoms with van der Waals surface area (Å²) in [5, 5.41) is 0. The summed E-state index contributed by atoms with van der Waals surface area (Å²) in [5.74, 6) is 0. The Morgan fingerprint density at radius 3 is 2.42 bits per heavy atom. The highest BCUT2D eigenvalue weighted by Crippen LogP contribution is 2.33. The summed E-state index contributed by atoms with van der Waals surface area (Å²) in [7, 11) is -4.00. The van der Waals surface area contributed by atoms with E-state index in [-0.39, 0.29) is 12.1 Å². The molecule has 108 valence electrons. The highest BCUT2D eigenvalue weighted by atomic mass is 32.2. The van der Waals surface area contributed by atoms with Gasteiger partial charge in [-0.3, -0.25) is 0 Å². The first-order chi connectivity index (χ1) is 8.58. The normalized spacial score (nSPS) is 14.4. The molecule has 0 bridgehead atoms. The molecule has 0 aliphatic rings. The number of aryl methyl sites for hydroxylation is 1. The van der Waals surface area contributed by atoms with Crippen molar-refractivity contribution in [2.24, 2.45) is 5.73 Å². The van der Waals surface area contributed by atoms with Gasteiger partial charge < -0.3 is 5.73 Å². The SMILES string of the molecule is Cc1ccc(S(=O)(=O)N[C@@H](C)CN)cc1C(F)(F)F. The second kappa shape index (κ2) is 5.48. The van der Waals surface area contributed by atoms with Gasteiger partial charge >= 0.3 is 6.18 Å². The molecule has 1 atom stereocenters. The molecule has 19 heavy (non-hydrogen) atoms. The van der Waals surface area contributed by atoms with Crippen molar-refractivity contribution in [1.29, 1.82) is 0 Å². The molecule has 8 heteroatoms. The summed E-state index contributed by atoms with van der Waals surface area (Å²) in [6, 6.07) is 2.34. The minimum absolute atomic E-state index is 0.0293. The van der Waals surface area contributed by atoms with E-state index in [0.717, 1.165) is 12.1 Å². The Bertz CT molecular complexity index is 556. The Hall–Kier alpha value is -1.12. The molecular formula is C11H15F3N2O2S. The zero-order chi connectivity index (χ0) is 14.8. The lowest BCUT2D eigenvalue weighted by molar-refractivity contribution is -0.138. The van der Waals surface area contributed by atoms with Crippen LogP contribution < -0.4 is 10.5 Å². The highest BCUT2D eigenvalue weighted by molar-refractivity contribution is 7.89. The quantitative estimate of drug-likeness (QED) is 0.887. The fraction of sp³-hybridized carbons (Fsp3) is 0.455. The maximum absolute atomic E-state index is 12.7. The second-order valence-electron chi connectivity index (χ2n) is 4.23. The lowest BCUT2D eigenvalue weighted by Crippen LogP contribution is -2.37. The Kier molecular flexibility index (Phi) is 4.59. The van der Waals surface area contributed by atoms with Crippen molar-refractivity contribution < 1.29 is 21.6 Å². The van der Waals surface area contributed by atoms with Gasteiger partial charge in [0.25, 0.3) is 0 Å². The van der Waals surface area contributed by atoms with E-state index < -0.39 is 32.7 Å². The molecule has 0 saturated heterocycles. The molecule has 4 nitrogen and oxygen atoms in total. The molecule has 0 aromatic heterocycles. The van der Waals surface area contributed by atoms with Gasteiger partial charge in [0.05, 0.1) is 10.5 Å². The van der Waals surface area contributed by atoms with Crippen LogP contribution in [-0.2, 0) is 16.2 Å². The molecule has 0 fully saturated rings. The molecule has 3 N–H and O–H groups in total. The largest absolute Gasteiger partial charge is 0.416 e. The van der Waals surface area contributed by atoms with Crippen molar-refractivity contribution in [3.8, 4) is 0 Å². The molecule has 0 unspecified atom stereocenters. The molecule has 0 heterocycles. The summed E-state index contributed by atoms with van der Waals surface area (Å²) in [5.41, 5.74) is 4.28. The average Bonchev–Trinajstić information content (AvgIpc) is 2.26. The van der Waals surface area contributed by atoms with Crippen LogP contribution in [0.3, 0.4) is 0 Å². The monoisotopic (exact) mass is 296 g/mol. The van der Waals surface area contributed by atoms with Crippen LogP contribution in [0.2, 0.25) is 0 Å². The van der Waals surface area contributed by atoms with Crippen molar-refractivity contribution in [3.63, 3.8) is 0 Å². The number of nitrogens with one attached hydrogen (secondary N) is 1. The fourth-order valence-electron chi connectivity index (χ4n) is 1.45. The number of rotatable bonds is 4. The van der Waals surface area contributed by atoms with Gasteiger partial charge in [0.15, 0.2) is 0 Å². The van der Waals surface area contributed by atoms with Gasteiger partial charge in [0.2, 0.25) is 10.0 Å². The first kappa shape index (κ1) is 15.9. The minimum Gasteiger partial charge on any atom is -0.329 e. The smallest absolute Gasteiger partial charge is 0.329 e. The first-order valence-electron chi connectivity index (χ1n) is 5.48. The number of halogens is 3. The Balaban J connectivity index is 3.23. The van der Waals surface area contributed by atoms with Crippen LogP contribution in [-0.4, -0.2) is 21.0 Å². The predicted molar refractivity (Wildman–Crippen MR) is 65.0 cm³/mol. The Morgan fingerprint density at radius 1 is 1.37 bits per heavy atom. The van der Waals surface area contributed by atoms with Gasteiger partial charge in [-0.25, -0.2) is 13.1 Å². The van der Waals surface area contributed by atoms with E-state index in [1.807, 2.05) is 0 Å². The van der Waals surface area contributed by atoms with Crippen molar-refractivity contribution >= 4 is 10.0 Å². The average molecular weight is 296 g/mol. The van der Waals surface area contributed by atoms with E-state index >= 15 is 0 Å². The lowest BCUT2D eigenvalue weighted by atomic mass is 10.1. The zero-order valence-electron chi connectivity index (χ0n) is 10.5. The third-order valence-corrected chi connectivity index (χ3v) is 4.12. The summed E-state index contributed by atoms with van der Waals surface area (Å²) < 4.78 is 64.0. The third kappa shape index (κ3) is 3.92. The number of alkyl halides is 3. The summed E-state index contributed by atoms with van der Waals surface area (Å²) in [6.45, 7) is 2.85. The standard InChI is InChI=1S/C11H15F3N2O2S/c1-7-3-4-9(5-10(7)11(12,13)14)19(17,18)16-8(2)6-15/h3-5,8,16H,6,15H2,1-2H3/t8-/m0/s1. The van der Waals surface area contributed by atoms with Gasteiger partial charge in [0, 0.05) is 12.6 Å². The van der Waals surface area contributed by atoms with Crippen LogP contribution in [0.5, 0.6) is 0 Å². The lowest BCUT2D eigenvalue weighted by Gasteiger charge is -2.15. The Morgan fingerprint density at radius 2 is 1.95 bits per heavy atom. The van der Waals surface area contributed by atoms with Crippen LogP contribution in [0.15, 0.2) is 23.1 Å². The van der Waals surface area contributed by atoms with E-state index in [1.54, 1.807) is 0 Å². The van der Waals surface area contributed by atoms with E-state index in [2.05, 4.69) is 4.72 Å². The third-order valence-electron chi connectivity index (χ3n) is 2.53. The van der Waals surface area contributed by atoms with E-state index in [0.29, 0.717) is 6.07 Å². The molecule has 0 aliphatic heterocycles. The molecule has 0 saturated carbocycles. The van der Waals surface area contributed by atoms with Gasteiger partial charge in [-0.1, -0.05) is 6.07 Å². The topological polar surface area (TPSA) is 72.2 Å². The maximum atomic E-state index is 12.7. The zero-order valence-corrected chi connectivity index (χ0v) is 11.3. The summed E-state index contributed by atoms with van der Waals surface area (Å²) in [4.78, 5) is -0.425. The van der Waals surface area contributed by atoms with Crippen LogP contribution in [0.1, 0.15) is 18.1 Å². The maximum Gasteiger partial charge on any atom is 0.416 e. The van der Waals surface area contributed by atoms with Gasteiger partial charge in [-0.15, -0.1) is 0 Å². The molecule has 1 rings (SSSR count). The number of sulfonamides is 1. The van der Waals surface area contributed by atoms with E-state index in [4.69, 9.17) is 5.73 Å². The fourth-order valence-corrected chi connectivity index (χ4v) is 2.74. The van der Waals surface area contributed by atoms with Crippen LogP contribution >= 0.6 is 0 Å². The van der Waals surface area contributed by atoms with Crippen LogP contribution in [0.4, 0.5) is 13.2 Å². The number of hydrogen-bond donors (Lipinski definition) is 2. The van der Waals surface area contributed by atoms with Crippen molar-refractivity contribution in [2.45, 2.75) is 31.0 Å². The van der Waals surface area contributed by atoms with E-state index in [9.17, 15) is 21.6 Å². The molecule has 0 radical (unpaired) electrons. The molecule has 1 aromatic rings. The summed E-state index contributed by atoms with van der Waals surface area (Å²) >= 11 is 0. The minimum atomic E-state index is -4.59. The molecule has 1 aromatic carbocycles. The molecular weight excluding hydrogens is 281 g/mol.